The third-order valence-corrected chi connectivity index (χ3v) is 2.61. The van der Waals surface area contributed by atoms with Gasteiger partial charge in [0.15, 0.2) is 0 Å². The molecule has 0 radical (unpaired) electrons. The molecule has 0 atom stereocenters. The van der Waals surface area contributed by atoms with E-state index in [9.17, 15) is 0 Å². The van der Waals surface area contributed by atoms with Crippen molar-refractivity contribution in [2.24, 2.45) is 0 Å². The van der Waals surface area contributed by atoms with Gasteiger partial charge in [0.25, 0.3) is 0 Å². The molecule has 0 bridgehead atoms. The molecular formula is C6H7BrN2S. The van der Waals surface area contributed by atoms with E-state index < -0.39 is 0 Å². The number of thioether (sulfide) groups is 1. The van der Waals surface area contributed by atoms with Crippen LogP contribution in [-0.2, 0) is 0 Å². The standard InChI is InChI=1S/C6H7BrN2S/c1-2-10-6-5(7)8-3-4-9-6/h3-4H,2H2,1H3. The Bertz CT molecular complexity index is 217. The predicted octanol–water partition coefficient (Wildman–Crippen LogP) is 2.35. The number of hydrogen-bond donors (Lipinski definition) is 0. The second kappa shape index (κ2) is 3.93. The van der Waals surface area contributed by atoms with Crippen molar-refractivity contribution in [1.82, 2.24) is 9.97 Å². The number of nitrogens with zero attached hydrogens (tertiary/aromatic N) is 2. The summed E-state index contributed by atoms with van der Waals surface area (Å²) >= 11 is 4.98. The van der Waals surface area contributed by atoms with E-state index >= 15 is 0 Å². The van der Waals surface area contributed by atoms with E-state index in [1.54, 1.807) is 24.2 Å². The SMILES string of the molecule is CCSc1nccnc1Br. The highest BCUT2D eigenvalue weighted by atomic mass is 79.9. The number of hydrogen-bond acceptors (Lipinski definition) is 3. The Hall–Kier alpha value is -0.0900. The van der Waals surface area contributed by atoms with Crippen molar-refractivity contribution in [1.29, 1.82) is 0 Å². The van der Waals surface area contributed by atoms with Crippen molar-refractivity contribution >= 4 is 27.7 Å². The average Bonchev–Trinajstić information content (AvgIpc) is 1.94. The Morgan fingerprint density at radius 1 is 1.50 bits per heavy atom. The van der Waals surface area contributed by atoms with Gasteiger partial charge in [-0.1, -0.05) is 6.92 Å². The topological polar surface area (TPSA) is 25.8 Å². The third-order valence-electron chi connectivity index (χ3n) is 0.904. The fourth-order valence-corrected chi connectivity index (χ4v) is 1.69. The summed E-state index contributed by atoms with van der Waals surface area (Å²) in [5, 5.41) is 0.963. The highest BCUT2D eigenvalue weighted by Gasteiger charge is 1.98. The highest BCUT2D eigenvalue weighted by molar-refractivity contribution is 9.10. The second-order valence-electron chi connectivity index (χ2n) is 1.59. The molecule has 1 aromatic rings. The molecule has 0 saturated carbocycles. The second-order valence-corrected chi connectivity index (χ2v) is 3.59. The number of aromatic nitrogens is 2. The van der Waals surface area contributed by atoms with Crippen LogP contribution < -0.4 is 0 Å². The summed E-state index contributed by atoms with van der Waals surface area (Å²) < 4.78 is 0.835. The van der Waals surface area contributed by atoms with Gasteiger partial charge in [-0.2, -0.15) is 0 Å². The first-order chi connectivity index (χ1) is 4.84. The monoisotopic (exact) mass is 218 g/mol. The maximum Gasteiger partial charge on any atom is 0.138 e. The van der Waals surface area contributed by atoms with Gasteiger partial charge in [-0.25, -0.2) is 9.97 Å². The number of halogens is 1. The van der Waals surface area contributed by atoms with Gasteiger partial charge >= 0.3 is 0 Å². The first kappa shape index (κ1) is 8.01. The van der Waals surface area contributed by atoms with Gasteiger partial charge < -0.3 is 0 Å². The van der Waals surface area contributed by atoms with E-state index in [4.69, 9.17) is 0 Å². The minimum atomic E-state index is 0.835. The van der Waals surface area contributed by atoms with Crippen LogP contribution in [-0.4, -0.2) is 15.7 Å². The van der Waals surface area contributed by atoms with E-state index in [2.05, 4.69) is 32.8 Å². The van der Waals surface area contributed by atoms with Crippen LogP contribution in [0.3, 0.4) is 0 Å². The van der Waals surface area contributed by atoms with Crippen LogP contribution in [0.5, 0.6) is 0 Å². The van der Waals surface area contributed by atoms with Crippen LogP contribution in [0.1, 0.15) is 6.92 Å². The van der Waals surface area contributed by atoms with E-state index in [1.165, 1.54) is 0 Å². The maximum atomic E-state index is 4.12. The minimum absolute atomic E-state index is 0.835. The van der Waals surface area contributed by atoms with Gasteiger partial charge in [-0.3, -0.25) is 0 Å². The van der Waals surface area contributed by atoms with Gasteiger partial charge in [0.05, 0.1) is 0 Å². The zero-order chi connectivity index (χ0) is 7.40. The lowest BCUT2D eigenvalue weighted by Gasteiger charge is -1.96. The Balaban J connectivity index is 2.81. The Morgan fingerprint density at radius 2 is 2.20 bits per heavy atom. The summed E-state index contributed by atoms with van der Waals surface area (Å²) in [6, 6.07) is 0. The highest BCUT2D eigenvalue weighted by Crippen LogP contribution is 2.21. The van der Waals surface area contributed by atoms with Crippen molar-refractivity contribution in [2.45, 2.75) is 11.9 Å². The molecule has 0 amide bonds. The van der Waals surface area contributed by atoms with Crippen LogP contribution in [0.15, 0.2) is 22.0 Å². The molecule has 1 heterocycles. The quantitative estimate of drug-likeness (QED) is 0.714. The minimum Gasteiger partial charge on any atom is -0.245 e. The molecule has 0 aliphatic heterocycles. The maximum absolute atomic E-state index is 4.12. The molecule has 1 rings (SSSR count). The molecule has 0 spiro atoms. The van der Waals surface area contributed by atoms with E-state index in [1.807, 2.05) is 0 Å². The van der Waals surface area contributed by atoms with Crippen LogP contribution in [0.4, 0.5) is 0 Å². The van der Waals surface area contributed by atoms with E-state index in [-0.39, 0.29) is 0 Å². The van der Waals surface area contributed by atoms with Crippen LogP contribution in [0, 0.1) is 0 Å². The molecular weight excluding hydrogens is 212 g/mol. The lowest BCUT2D eigenvalue weighted by Crippen LogP contribution is -1.83. The van der Waals surface area contributed by atoms with Crippen LogP contribution >= 0.6 is 27.7 Å². The fraction of sp³-hybridized carbons (Fsp3) is 0.333. The van der Waals surface area contributed by atoms with Crippen molar-refractivity contribution < 1.29 is 0 Å². The Labute approximate surface area is 72.6 Å². The molecule has 0 fully saturated rings. The normalized spacial score (nSPS) is 9.80. The lowest BCUT2D eigenvalue weighted by molar-refractivity contribution is 1.02. The van der Waals surface area contributed by atoms with Gasteiger partial charge in [0, 0.05) is 12.4 Å². The Kier molecular flexibility index (Phi) is 3.15. The summed E-state index contributed by atoms with van der Waals surface area (Å²) in [6.07, 6.45) is 3.37. The molecule has 0 aliphatic rings. The number of rotatable bonds is 2. The van der Waals surface area contributed by atoms with Gasteiger partial charge in [-0.05, 0) is 21.7 Å². The van der Waals surface area contributed by atoms with Crippen molar-refractivity contribution in [3.05, 3.63) is 17.0 Å². The van der Waals surface area contributed by atoms with Crippen LogP contribution in [0.2, 0.25) is 0 Å². The lowest BCUT2D eigenvalue weighted by atomic mass is 10.8. The van der Waals surface area contributed by atoms with Gasteiger partial charge in [0.2, 0.25) is 0 Å². The smallest absolute Gasteiger partial charge is 0.138 e. The van der Waals surface area contributed by atoms with E-state index in [0.717, 1.165) is 15.4 Å². The zero-order valence-corrected chi connectivity index (χ0v) is 7.94. The predicted molar refractivity (Wildman–Crippen MR) is 46.1 cm³/mol. The van der Waals surface area contributed by atoms with Crippen molar-refractivity contribution in [3.63, 3.8) is 0 Å². The summed E-state index contributed by atoms with van der Waals surface area (Å²) in [4.78, 5) is 8.15. The fourth-order valence-electron chi connectivity index (χ4n) is 0.542. The Morgan fingerprint density at radius 3 is 2.80 bits per heavy atom. The largest absolute Gasteiger partial charge is 0.245 e. The van der Waals surface area contributed by atoms with Crippen molar-refractivity contribution in [3.8, 4) is 0 Å². The van der Waals surface area contributed by atoms with Crippen LogP contribution in [0.25, 0.3) is 0 Å². The average molecular weight is 219 g/mol. The molecule has 2 nitrogen and oxygen atoms in total. The van der Waals surface area contributed by atoms with Gasteiger partial charge in [0.1, 0.15) is 9.63 Å². The molecule has 0 unspecified atom stereocenters. The third kappa shape index (κ3) is 1.95. The molecule has 0 N–H and O–H groups in total. The van der Waals surface area contributed by atoms with E-state index in [0.29, 0.717) is 0 Å². The molecule has 0 aromatic carbocycles. The molecule has 4 heteroatoms. The molecule has 54 valence electrons. The molecule has 0 saturated heterocycles. The zero-order valence-electron chi connectivity index (χ0n) is 5.54. The molecule has 10 heavy (non-hydrogen) atoms. The molecule has 0 aliphatic carbocycles. The first-order valence-corrected chi connectivity index (χ1v) is 4.71. The summed E-state index contributed by atoms with van der Waals surface area (Å²) in [5.74, 6) is 1.03. The van der Waals surface area contributed by atoms with Crippen molar-refractivity contribution in [2.75, 3.05) is 5.75 Å². The summed E-state index contributed by atoms with van der Waals surface area (Å²) in [5.41, 5.74) is 0. The summed E-state index contributed by atoms with van der Waals surface area (Å²) in [6.45, 7) is 2.09. The molecule has 1 aromatic heterocycles. The summed E-state index contributed by atoms with van der Waals surface area (Å²) in [7, 11) is 0. The van der Waals surface area contributed by atoms with Gasteiger partial charge in [-0.15, -0.1) is 11.8 Å². The first-order valence-electron chi connectivity index (χ1n) is 2.94.